The van der Waals surface area contributed by atoms with Crippen LogP contribution in [0.4, 0.5) is 24.9 Å². The molecule has 44 heavy (non-hydrogen) atoms. The number of hydrogen-bond acceptors (Lipinski definition) is 9. The smallest absolute Gasteiger partial charge is 0.368 e. The number of alkyl halides is 3. The van der Waals surface area contributed by atoms with Gasteiger partial charge in [-0.3, -0.25) is 9.80 Å². The highest BCUT2D eigenvalue weighted by atomic mass is 32.1. The van der Waals surface area contributed by atoms with Gasteiger partial charge in [-0.1, -0.05) is 6.07 Å². The first kappa shape index (κ1) is 30.6. The Morgan fingerprint density at radius 1 is 1.14 bits per heavy atom. The van der Waals surface area contributed by atoms with Gasteiger partial charge in [0.25, 0.3) is 0 Å². The lowest BCUT2D eigenvalue weighted by atomic mass is 10.0. The molecule has 0 radical (unpaired) electrons. The van der Waals surface area contributed by atoms with Crippen LogP contribution in [0.1, 0.15) is 41.5 Å². The number of piperazine rings is 1. The minimum atomic E-state index is -4.28. The van der Waals surface area contributed by atoms with Crippen LogP contribution < -0.4 is 16.4 Å². The topological polar surface area (TPSA) is 111 Å². The van der Waals surface area contributed by atoms with Gasteiger partial charge in [-0.2, -0.15) is 23.4 Å². The quantitative estimate of drug-likeness (QED) is 0.254. The van der Waals surface area contributed by atoms with Crippen LogP contribution in [0.3, 0.4) is 0 Å². The van der Waals surface area contributed by atoms with Crippen LogP contribution in [-0.4, -0.2) is 81.9 Å². The molecule has 2 saturated heterocycles. The van der Waals surface area contributed by atoms with Crippen molar-refractivity contribution in [2.45, 2.75) is 64.5 Å². The Balaban J connectivity index is 1.11. The van der Waals surface area contributed by atoms with E-state index < -0.39 is 12.6 Å². The average Bonchev–Trinajstić information content (AvgIpc) is 3.55. The van der Waals surface area contributed by atoms with Crippen molar-refractivity contribution in [3.8, 4) is 6.07 Å². The first-order chi connectivity index (χ1) is 21.1. The standard InChI is InChI=1S/C31H38F3N9S/c1-19(42-11-7-37-8-12-42)17-43-23(16-35)13-25-20(2)21(3-4-27(25)43)18-41-9-5-22(6-10-41)38-28-26-14-24(15-31(32,33)34)44-29(26)40-30(36)39-28/h3-4,13-14,19,22,37H,5-12,15,17-18H2,1-2H3,(H3,36,38,39,40). The van der Waals surface area contributed by atoms with Gasteiger partial charge in [0.05, 0.1) is 11.8 Å². The lowest BCUT2D eigenvalue weighted by molar-refractivity contribution is -0.126. The molecule has 0 amide bonds. The van der Waals surface area contributed by atoms with Crippen molar-refractivity contribution in [3.63, 3.8) is 0 Å². The highest BCUT2D eigenvalue weighted by molar-refractivity contribution is 7.18. The Morgan fingerprint density at radius 3 is 2.59 bits per heavy atom. The number of rotatable bonds is 8. The molecule has 1 unspecified atom stereocenters. The van der Waals surface area contributed by atoms with Crippen LogP contribution >= 0.6 is 11.3 Å². The van der Waals surface area contributed by atoms with E-state index in [0.717, 1.165) is 87.4 Å². The summed E-state index contributed by atoms with van der Waals surface area (Å²) in [6, 6.07) is 10.8. The maximum absolute atomic E-state index is 13.0. The van der Waals surface area contributed by atoms with Crippen molar-refractivity contribution in [3.05, 3.63) is 46.0 Å². The Labute approximate surface area is 258 Å². The van der Waals surface area contributed by atoms with Crippen LogP contribution in [0.5, 0.6) is 0 Å². The average molecular weight is 626 g/mol. The Bertz CT molecular complexity index is 1670. The molecule has 6 rings (SSSR count). The summed E-state index contributed by atoms with van der Waals surface area (Å²) in [6.07, 6.45) is -3.54. The summed E-state index contributed by atoms with van der Waals surface area (Å²) in [5.74, 6) is 0.552. The second kappa shape index (κ2) is 12.5. The van der Waals surface area contributed by atoms with Crippen molar-refractivity contribution in [1.82, 2.24) is 29.7 Å². The lowest BCUT2D eigenvalue weighted by Gasteiger charge is -2.33. The molecule has 13 heteroatoms. The SMILES string of the molecule is Cc1c(CN2CCC(Nc3nc(N)nc4sc(CC(F)(F)F)cc34)CC2)ccc2c1cc(C#N)n2CC(C)N1CCNCC1. The summed E-state index contributed by atoms with van der Waals surface area (Å²) in [5, 5.41) is 18.5. The first-order valence-corrected chi connectivity index (χ1v) is 16.0. The molecule has 2 aliphatic heterocycles. The van der Waals surface area contributed by atoms with Crippen molar-refractivity contribution in [1.29, 1.82) is 5.26 Å². The van der Waals surface area contributed by atoms with Gasteiger partial charge >= 0.3 is 6.18 Å². The fourth-order valence-corrected chi connectivity index (χ4v) is 7.60. The zero-order valence-corrected chi connectivity index (χ0v) is 25.9. The maximum atomic E-state index is 13.0. The van der Waals surface area contributed by atoms with Crippen LogP contribution in [0.2, 0.25) is 0 Å². The van der Waals surface area contributed by atoms with Gasteiger partial charge in [-0.25, -0.2) is 4.98 Å². The molecule has 234 valence electrons. The van der Waals surface area contributed by atoms with Gasteiger partial charge in [0.15, 0.2) is 0 Å². The monoisotopic (exact) mass is 625 g/mol. The summed E-state index contributed by atoms with van der Waals surface area (Å²) in [5.41, 5.74) is 10.2. The molecular formula is C31H38F3N9S. The zero-order chi connectivity index (χ0) is 31.0. The summed E-state index contributed by atoms with van der Waals surface area (Å²) in [4.78, 5) is 14.1. The number of halogens is 3. The van der Waals surface area contributed by atoms with E-state index in [4.69, 9.17) is 5.73 Å². The Morgan fingerprint density at radius 2 is 1.89 bits per heavy atom. The number of hydrogen-bond donors (Lipinski definition) is 3. The number of nitrogens with zero attached hydrogens (tertiary/aromatic N) is 6. The number of aryl methyl sites for hydroxylation is 1. The number of anilines is 2. The number of aromatic nitrogens is 3. The molecule has 0 bridgehead atoms. The predicted octanol–water partition coefficient (Wildman–Crippen LogP) is 4.88. The number of nitrogens with two attached hydrogens (primary N) is 1. The first-order valence-electron chi connectivity index (χ1n) is 15.2. The molecule has 1 aromatic carbocycles. The molecule has 4 N–H and O–H groups in total. The van der Waals surface area contributed by atoms with Gasteiger partial charge in [-0.15, -0.1) is 11.3 Å². The largest absolute Gasteiger partial charge is 0.393 e. The zero-order valence-electron chi connectivity index (χ0n) is 25.0. The number of nitrogens with one attached hydrogen (secondary N) is 2. The summed E-state index contributed by atoms with van der Waals surface area (Å²) < 4.78 is 41.1. The molecule has 2 aliphatic rings. The number of piperidine rings is 1. The molecule has 2 fully saturated rings. The molecule has 4 aromatic rings. The number of likely N-dealkylation sites (tertiary alicyclic amines) is 1. The van der Waals surface area contributed by atoms with E-state index in [1.54, 1.807) is 0 Å². The molecule has 3 aromatic heterocycles. The van der Waals surface area contributed by atoms with Gasteiger partial charge in [0.2, 0.25) is 5.95 Å². The Kier molecular flexibility index (Phi) is 8.70. The molecule has 9 nitrogen and oxygen atoms in total. The molecule has 0 saturated carbocycles. The molecule has 5 heterocycles. The third kappa shape index (κ3) is 6.63. The second-order valence-electron chi connectivity index (χ2n) is 12.0. The van der Waals surface area contributed by atoms with Gasteiger partial charge in [0, 0.05) is 80.2 Å². The summed E-state index contributed by atoms with van der Waals surface area (Å²) >= 11 is 1.01. The van der Waals surface area contributed by atoms with Crippen molar-refractivity contribution < 1.29 is 13.2 Å². The van der Waals surface area contributed by atoms with Crippen LogP contribution in [-0.2, 0) is 19.5 Å². The van der Waals surface area contributed by atoms with E-state index in [0.29, 0.717) is 27.8 Å². The summed E-state index contributed by atoms with van der Waals surface area (Å²) in [6.45, 7) is 11.8. The Hall–Kier alpha value is -3.44. The minimum absolute atomic E-state index is 0.0513. The van der Waals surface area contributed by atoms with Crippen LogP contribution in [0, 0.1) is 18.3 Å². The van der Waals surface area contributed by atoms with E-state index in [-0.39, 0.29) is 16.9 Å². The highest BCUT2D eigenvalue weighted by Gasteiger charge is 2.30. The van der Waals surface area contributed by atoms with Crippen LogP contribution in [0.25, 0.3) is 21.1 Å². The molecule has 0 aliphatic carbocycles. The number of nitriles is 1. The number of benzene rings is 1. The van der Waals surface area contributed by atoms with Crippen molar-refractivity contribution in [2.24, 2.45) is 0 Å². The molecule has 1 atom stereocenters. The minimum Gasteiger partial charge on any atom is -0.368 e. The maximum Gasteiger partial charge on any atom is 0.393 e. The molecular weight excluding hydrogens is 587 g/mol. The third-order valence-corrected chi connectivity index (χ3v) is 9.99. The van der Waals surface area contributed by atoms with E-state index in [9.17, 15) is 18.4 Å². The van der Waals surface area contributed by atoms with Gasteiger partial charge in [0.1, 0.15) is 22.4 Å². The molecule has 0 spiro atoms. The number of nitrogen functional groups attached to an aromatic ring is 1. The predicted molar refractivity (Wildman–Crippen MR) is 169 cm³/mol. The number of thiophene rings is 1. The fraction of sp³-hybridized carbons (Fsp3) is 0.516. The number of fused-ring (bicyclic) bond motifs is 2. The van der Waals surface area contributed by atoms with Crippen molar-refractivity contribution in [2.75, 3.05) is 50.3 Å². The van der Waals surface area contributed by atoms with E-state index in [2.05, 4.69) is 67.0 Å². The van der Waals surface area contributed by atoms with Gasteiger partial charge in [-0.05, 0) is 56.0 Å². The van der Waals surface area contributed by atoms with E-state index >= 15 is 0 Å². The van der Waals surface area contributed by atoms with E-state index in [1.165, 1.54) is 17.2 Å². The van der Waals surface area contributed by atoms with E-state index in [1.807, 2.05) is 6.07 Å². The second-order valence-corrected chi connectivity index (χ2v) is 13.1. The lowest BCUT2D eigenvalue weighted by Crippen LogP contribution is -2.48. The third-order valence-electron chi connectivity index (χ3n) is 8.96. The van der Waals surface area contributed by atoms with Gasteiger partial charge < -0.3 is 20.9 Å². The fourth-order valence-electron chi connectivity index (χ4n) is 6.54. The highest BCUT2D eigenvalue weighted by Crippen LogP contribution is 2.34. The van der Waals surface area contributed by atoms with Crippen molar-refractivity contribution >= 4 is 44.2 Å². The normalized spacial score (nSPS) is 18.2. The summed E-state index contributed by atoms with van der Waals surface area (Å²) in [7, 11) is 0. The van der Waals surface area contributed by atoms with Crippen LogP contribution in [0.15, 0.2) is 24.3 Å².